The minimum atomic E-state index is 0.0706. The fraction of sp³-hybridized carbons (Fsp3) is 0.250. The second kappa shape index (κ2) is 5.67. The van der Waals surface area contributed by atoms with Crippen LogP contribution in [-0.2, 0) is 5.41 Å². The molecule has 2 rings (SSSR count). The van der Waals surface area contributed by atoms with E-state index in [1.54, 1.807) is 30.2 Å². The van der Waals surface area contributed by atoms with Crippen molar-refractivity contribution in [2.24, 2.45) is 5.73 Å². The van der Waals surface area contributed by atoms with Gasteiger partial charge in [0.15, 0.2) is 0 Å². The van der Waals surface area contributed by atoms with E-state index in [2.05, 4.69) is 50.0 Å². The van der Waals surface area contributed by atoms with Gasteiger partial charge in [-0.25, -0.2) is 0 Å². The zero-order valence-electron chi connectivity index (χ0n) is 12.0. The van der Waals surface area contributed by atoms with E-state index in [9.17, 15) is 0 Å². The molecule has 1 heterocycles. The van der Waals surface area contributed by atoms with Crippen LogP contribution in [0.25, 0.3) is 0 Å². The molecule has 20 heavy (non-hydrogen) atoms. The van der Waals surface area contributed by atoms with E-state index in [0.717, 1.165) is 15.4 Å². The van der Waals surface area contributed by atoms with Crippen molar-refractivity contribution in [3.8, 4) is 0 Å². The first-order valence-electron chi connectivity index (χ1n) is 6.45. The summed E-state index contributed by atoms with van der Waals surface area (Å²) in [6, 6.07) is 10.3. The van der Waals surface area contributed by atoms with Gasteiger partial charge in [0.25, 0.3) is 0 Å². The summed E-state index contributed by atoms with van der Waals surface area (Å²) >= 11 is 1.58. The molecule has 3 N–H and O–H groups in total. The lowest BCUT2D eigenvalue weighted by atomic mass is 9.87. The second-order valence-electron chi connectivity index (χ2n) is 5.66. The van der Waals surface area contributed by atoms with Crippen molar-refractivity contribution < 1.29 is 0 Å². The van der Waals surface area contributed by atoms with E-state index in [1.807, 2.05) is 0 Å². The maximum Gasteiger partial charge on any atom is 0.124 e. The molecular weight excluding hydrogens is 266 g/mol. The van der Waals surface area contributed by atoms with E-state index in [-0.39, 0.29) is 11.3 Å². The van der Waals surface area contributed by atoms with Crippen LogP contribution in [0.3, 0.4) is 0 Å². The van der Waals surface area contributed by atoms with Crippen LogP contribution in [-0.4, -0.2) is 10.8 Å². The Morgan fingerprint density at radius 3 is 2.35 bits per heavy atom. The molecule has 0 aliphatic rings. The smallest absolute Gasteiger partial charge is 0.124 e. The maximum atomic E-state index is 7.59. The molecule has 4 heteroatoms. The van der Waals surface area contributed by atoms with Crippen LogP contribution in [0.5, 0.6) is 0 Å². The first-order valence-corrected chi connectivity index (χ1v) is 7.26. The highest BCUT2D eigenvalue weighted by Gasteiger charge is 2.13. The highest BCUT2D eigenvalue weighted by molar-refractivity contribution is 7.99. The Morgan fingerprint density at radius 1 is 1.15 bits per heavy atom. The molecule has 3 nitrogen and oxygen atoms in total. The van der Waals surface area contributed by atoms with Gasteiger partial charge < -0.3 is 5.73 Å². The lowest BCUT2D eigenvalue weighted by Gasteiger charge is -2.19. The molecule has 0 radical (unpaired) electrons. The van der Waals surface area contributed by atoms with Crippen LogP contribution in [0.2, 0.25) is 0 Å². The Hall–Kier alpha value is -1.81. The number of benzene rings is 1. The molecule has 0 bridgehead atoms. The molecule has 0 fully saturated rings. The van der Waals surface area contributed by atoms with Crippen molar-refractivity contribution in [1.82, 2.24) is 4.98 Å². The number of aromatic nitrogens is 1. The van der Waals surface area contributed by atoms with Gasteiger partial charge in [0.05, 0.1) is 0 Å². The summed E-state index contributed by atoms with van der Waals surface area (Å²) in [4.78, 5) is 6.13. The van der Waals surface area contributed by atoms with Gasteiger partial charge in [-0.05, 0) is 29.2 Å². The summed E-state index contributed by atoms with van der Waals surface area (Å²) in [7, 11) is 0. The van der Waals surface area contributed by atoms with E-state index in [0.29, 0.717) is 0 Å². The third-order valence-electron chi connectivity index (χ3n) is 3.02. The van der Waals surface area contributed by atoms with Gasteiger partial charge in [-0.2, -0.15) is 0 Å². The summed E-state index contributed by atoms with van der Waals surface area (Å²) in [5.41, 5.74) is 7.78. The Labute approximate surface area is 124 Å². The van der Waals surface area contributed by atoms with Gasteiger partial charge in [0.2, 0.25) is 0 Å². The van der Waals surface area contributed by atoms with Gasteiger partial charge in [0, 0.05) is 27.7 Å². The average Bonchev–Trinajstić information content (AvgIpc) is 2.38. The lowest BCUT2D eigenvalue weighted by molar-refractivity contribution is 0.590. The predicted octanol–water partition coefficient (Wildman–Crippen LogP) is 3.81. The molecule has 2 aromatic rings. The number of rotatable bonds is 3. The normalized spacial score (nSPS) is 11.3. The molecule has 0 aliphatic heterocycles. The number of nitrogens with one attached hydrogen (secondary N) is 1. The van der Waals surface area contributed by atoms with Crippen LogP contribution in [0.4, 0.5) is 0 Å². The standard InChI is InChI=1S/C16H19N3S/c1-16(2,3)11-4-6-12(7-5-11)20-14-10-19-9-8-13(14)15(17)18/h4-10H,1-3H3,(H3,17,18). The Morgan fingerprint density at radius 2 is 1.80 bits per heavy atom. The van der Waals surface area contributed by atoms with Gasteiger partial charge in [-0.15, -0.1) is 0 Å². The summed E-state index contributed by atoms with van der Waals surface area (Å²) in [5.74, 6) is 0.0706. The molecule has 1 aromatic carbocycles. The first kappa shape index (κ1) is 14.6. The van der Waals surface area contributed by atoms with Crippen LogP contribution < -0.4 is 5.73 Å². The largest absolute Gasteiger partial charge is 0.384 e. The highest BCUT2D eigenvalue weighted by Crippen LogP contribution is 2.31. The zero-order chi connectivity index (χ0) is 14.8. The third kappa shape index (κ3) is 3.39. The molecule has 0 aliphatic carbocycles. The van der Waals surface area contributed by atoms with Crippen molar-refractivity contribution >= 4 is 17.6 Å². The van der Waals surface area contributed by atoms with E-state index >= 15 is 0 Å². The van der Waals surface area contributed by atoms with E-state index < -0.39 is 0 Å². The minimum Gasteiger partial charge on any atom is -0.384 e. The number of amidine groups is 1. The molecule has 0 unspecified atom stereocenters. The quantitative estimate of drug-likeness (QED) is 0.665. The zero-order valence-corrected chi connectivity index (χ0v) is 12.8. The first-order chi connectivity index (χ1) is 9.38. The van der Waals surface area contributed by atoms with E-state index in [4.69, 9.17) is 11.1 Å². The van der Waals surface area contributed by atoms with Crippen LogP contribution in [0, 0.1) is 5.41 Å². The van der Waals surface area contributed by atoms with Gasteiger partial charge in [-0.1, -0.05) is 44.7 Å². The third-order valence-corrected chi connectivity index (χ3v) is 4.08. The molecule has 0 saturated heterocycles. The van der Waals surface area contributed by atoms with Crippen molar-refractivity contribution in [3.63, 3.8) is 0 Å². The number of nitrogens with two attached hydrogens (primary N) is 1. The van der Waals surface area contributed by atoms with Crippen LogP contribution in [0.15, 0.2) is 52.5 Å². The molecule has 0 saturated carbocycles. The van der Waals surface area contributed by atoms with Crippen LogP contribution >= 0.6 is 11.8 Å². The number of pyridine rings is 1. The topological polar surface area (TPSA) is 62.8 Å². The number of nitrogens with zero attached hydrogens (tertiary/aromatic N) is 1. The summed E-state index contributed by atoms with van der Waals surface area (Å²) in [6.07, 6.45) is 3.41. The van der Waals surface area contributed by atoms with Crippen LogP contribution in [0.1, 0.15) is 31.9 Å². The number of hydrogen-bond acceptors (Lipinski definition) is 3. The minimum absolute atomic E-state index is 0.0706. The molecule has 0 spiro atoms. The molecule has 0 amide bonds. The fourth-order valence-corrected chi connectivity index (χ4v) is 2.76. The van der Waals surface area contributed by atoms with Crippen molar-refractivity contribution in [1.29, 1.82) is 5.41 Å². The average molecular weight is 285 g/mol. The maximum absolute atomic E-state index is 7.59. The summed E-state index contributed by atoms with van der Waals surface area (Å²) in [5, 5.41) is 7.59. The van der Waals surface area contributed by atoms with Crippen molar-refractivity contribution in [2.45, 2.75) is 36.0 Å². The number of nitrogen functional groups attached to an aromatic ring is 1. The summed E-state index contributed by atoms with van der Waals surface area (Å²) < 4.78 is 0. The Balaban J connectivity index is 2.25. The lowest BCUT2D eigenvalue weighted by Crippen LogP contribution is -2.12. The van der Waals surface area contributed by atoms with Gasteiger partial charge >= 0.3 is 0 Å². The van der Waals surface area contributed by atoms with Gasteiger partial charge in [0.1, 0.15) is 5.84 Å². The van der Waals surface area contributed by atoms with Gasteiger partial charge in [-0.3, -0.25) is 10.4 Å². The SMILES string of the molecule is CC(C)(C)c1ccc(Sc2cnccc2C(=N)N)cc1. The molecule has 0 atom stereocenters. The number of hydrogen-bond donors (Lipinski definition) is 2. The van der Waals surface area contributed by atoms with Crippen molar-refractivity contribution in [2.75, 3.05) is 0 Å². The summed E-state index contributed by atoms with van der Waals surface area (Å²) in [6.45, 7) is 6.60. The highest BCUT2D eigenvalue weighted by atomic mass is 32.2. The second-order valence-corrected chi connectivity index (χ2v) is 6.78. The Kier molecular flexibility index (Phi) is 4.14. The van der Waals surface area contributed by atoms with E-state index in [1.165, 1.54) is 5.56 Å². The molecule has 104 valence electrons. The molecular formula is C16H19N3S. The fourth-order valence-electron chi connectivity index (χ4n) is 1.83. The monoisotopic (exact) mass is 285 g/mol. The van der Waals surface area contributed by atoms with Crippen molar-refractivity contribution in [3.05, 3.63) is 53.9 Å². The Bertz CT molecular complexity index is 612. The predicted molar refractivity (Wildman–Crippen MR) is 84.5 cm³/mol. The molecule has 1 aromatic heterocycles.